The number of rotatable bonds is 4. The monoisotopic (exact) mass is 223 g/mol. The number of hydrogen-bond donors (Lipinski definition) is 2. The zero-order valence-corrected chi connectivity index (χ0v) is 9.71. The molecule has 0 amide bonds. The Morgan fingerprint density at radius 1 is 1.38 bits per heavy atom. The summed E-state index contributed by atoms with van der Waals surface area (Å²) in [5.74, 6) is -0.733. The first-order valence-corrected chi connectivity index (χ1v) is 5.18. The second-order valence-corrected chi connectivity index (χ2v) is 4.16. The van der Waals surface area contributed by atoms with E-state index in [0.717, 1.165) is 0 Å². The van der Waals surface area contributed by atoms with Gasteiger partial charge in [0.1, 0.15) is 11.8 Å². The van der Waals surface area contributed by atoms with Crippen molar-refractivity contribution in [1.29, 1.82) is 0 Å². The Morgan fingerprint density at radius 2 is 2.00 bits per heavy atom. The van der Waals surface area contributed by atoms with Crippen molar-refractivity contribution in [1.82, 2.24) is 0 Å². The molecule has 1 aromatic rings. The van der Waals surface area contributed by atoms with Crippen molar-refractivity contribution in [3.8, 4) is 5.75 Å². The highest BCUT2D eigenvalue weighted by Crippen LogP contribution is 2.23. The number of aromatic hydroxyl groups is 1. The van der Waals surface area contributed by atoms with Gasteiger partial charge in [0, 0.05) is 18.8 Å². The molecule has 4 nitrogen and oxygen atoms in total. The molecule has 16 heavy (non-hydrogen) atoms. The number of hydrogen-bond acceptors (Lipinski definition) is 3. The van der Waals surface area contributed by atoms with Crippen LogP contribution in [-0.4, -0.2) is 29.3 Å². The van der Waals surface area contributed by atoms with Gasteiger partial charge in [-0.2, -0.15) is 0 Å². The van der Waals surface area contributed by atoms with Crippen molar-refractivity contribution in [3.63, 3.8) is 0 Å². The molecular weight excluding hydrogens is 206 g/mol. The summed E-state index contributed by atoms with van der Waals surface area (Å²) < 4.78 is 0. The molecule has 1 atom stereocenters. The SMILES string of the molecule is CC(C)C(C(=O)O)N(C)c1cccc(O)c1. The molecular formula is C12H17NO3. The van der Waals surface area contributed by atoms with Crippen molar-refractivity contribution in [2.45, 2.75) is 19.9 Å². The minimum Gasteiger partial charge on any atom is -0.508 e. The molecule has 88 valence electrons. The van der Waals surface area contributed by atoms with Crippen molar-refractivity contribution < 1.29 is 15.0 Å². The number of carboxylic acids is 1. The third-order valence-corrected chi connectivity index (χ3v) is 2.54. The lowest BCUT2D eigenvalue weighted by atomic mass is 10.0. The molecule has 0 spiro atoms. The summed E-state index contributed by atoms with van der Waals surface area (Å²) in [6.45, 7) is 3.72. The lowest BCUT2D eigenvalue weighted by Gasteiger charge is -2.29. The third kappa shape index (κ3) is 2.66. The van der Waals surface area contributed by atoms with Crippen LogP contribution in [0.5, 0.6) is 5.75 Å². The summed E-state index contributed by atoms with van der Waals surface area (Å²) in [7, 11) is 1.72. The summed E-state index contributed by atoms with van der Waals surface area (Å²) in [5, 5.41) is 18.5. The molecule has 2 N–H and O–H groups in total. The zero-order chi connectivity index (χ0) is 12.3. The third-order valence-electron chi connectivity index (χ3n) is 2.54. The second kappa shape index (κ2) is 4.88. The van der Waals surface area contributed by atoms with Gasteiger partial charge in [-0.05, 0) is 18.1 Å². The number of benzene rings is 1. The topological polar surface area (TPSA) is 60.8 Å². The Kier molecular flexibility index (Phi) is 3.77. The van der Waals surface area contributed by atoms with E-state index in [9.17, 15) is 9.90 Å². The fraction of sp³-hybridized carbons (Fsp3) is 0.417. The van der Waals surface area contributed by atoms with E-state index in [4.69, 9.17) is 5.11 Å². The Morgan fingerprint density at radius 3 is 2.44 bits per heavy atom. The Hall–Kier alpha value is -1.71. The van der Waals surface area contributed by atoms with E-state index in [2.05, 4.69) is 0 Å². The Balaban J connectivity index is 2.99. The molecule has 0 fully saturated rings. The highest BCUT2D eigenvalue weighted by atomic mass is 16.4. The number of likely N-dealkylation sites (N-methyl/N-ethyl adjacent to an activating group) is 1. The average molecular weight is 223 g/mol. The van der Waals surface area contributed by atoms with Crippen LogP contribution in [0.3, 0.4) is 0 Å². The Bertz CT molecular complexity index is 376. The van der Waals surface area contributed by atoms with Crippen LogP contribution in [0.25, 0.3) is 0 Å². The summed E-state index contributed by atoms with van der Waals surface area (Å²) in [6, 6.07) is 5.99. The number of carboxylic acid groups (broad SMARTS) is 1. The van der Waals surface area contributed by atoms with E-state index in [1.807, 2.05) is 13.8 Å². The van der Waals surface area contributed by atoms with Gasteiger partial charge >= 0.3 is 5.97 Å². The van der Waals surface area contributed by atoms with Gasteiger partial charge in [-0.3, -0.25) is 0 Å². The van der Waals surface area contributed by atoms with Gasteiger partial charge in [0.25, 0.3) is 0 Å². The molecule has 0 aliphatic carbocycles. The van der Waals surface area contributed by atoms with Crippen molar-refractivity contribution >= 4 is 11.7 Å². The van der Waals surface area contributed by atoms with E-state index in [1.165, 1.54) is 0 Å². The molecule has 0 aliphatic heterocycles. The van der Waals surface area contributed by atoms with Crippen LogP contribution >= 0.6 is 0 Å². The van der Waals surface area contributed by atoms with Gasteiger partial charge in [0.2, 0.25) is 0 Å². The minimum atomic E-state index is -0.860. The lowest BCUT2D eigenvalue weighted by Crippen LogP contribution is -2.42. The van der Waals surface area contributed by atoms with Crippen LogP contribution in [0.15, 0.2) is 24.3 Å². The summed E-state index contributed by atoms with van der Waals surface area (Å²) >= 11 is 0. The largest absolute Gasteiger partial charge is 0.508 e. The maximum absolute atomic E-state index is 11.1. The molecule has 0 radical (unpaired) electrons. The quantitative estimate of drug-likeness (QED) is 0.818. The maximum Gasteiger partial charge on any atom is 0.326 e. The molecule has 0 heterocycles. The van der Waals surface area contributed by atoms with Gasteiger partial charge in [0.15, 0.2) is 0 Å². The number of carbonyl (C=O) groups is 1. The number of phenolic OH excluding ortho intramolecular Hbond substituents is 1. The first kappa shape index (κ1) is 12.4. The first-order valence-electron chi connectivity index (χ1n) is 5.18. The van der Waals surface area contributed by atoms with E-state index < -0.39 is 12.0 Å². The summed E-state index contributed by atoms with van der Waals surface area (Å²) in [5.41, 5.74) is 0.695. The summed E-state index contributed by atoms with van der Waals surface area (Å²) in [6.07, 6.45) is 0. The van der Waals surface area contributed by atoms with Crippen LogP contribution in [0.4, 0.5) is 5.69 Å². The number of anilines is 1. The van der Waals surface area contributed by atoms with Crippen LogP contribution in [-0.2, 0) is 4.79 Å². The number of nitrogens with zero attached hydrogens (tertiary/aromatic N) is 1. The van der Waals surface area contributed by atoms with Crippen LogP contribution in [0.2, 0.25) is 0 Å². The molecule has 0 saturated heterocycles. The maximum atomic E-state index is 11.1. The normalized spacial score (nSPS) is 12.5. The lowest BCUT2D eigenvalue weighted by molar-refractivity contribution is -0.139. The second-order valence-electron chi connectivity index (χ2n) is 4.16. The molecule has 0 bridgehead atoms. The first-order chi connectivity index (χ1) is 7.43. The number of aliphatic carboxylic acids is 1. The average Bonchev–Trinajstić information content (AvgIpc) is 2.16. The van der Waals surface area contributed by atoms with Crippen LogP contribution in [0, 0.1) is 5.92 Å². The zero-order valence-electron chi connectivity index (χ0n) is 9.71. The molecule has 0 aliphatic rings. The molecule has 0 saturated carbocycles. The van der Waals surface area contributed by atoms with Crippen molar-refractivity contribution in [3.05, 3.63) is 24.3 Å². The fourth-order valence-electron chi connectivity index (χ4n) is 1.77. The molecule has 0 aromatic heterocycles. The predicted molar refractivity (Wildman–Crippen MR) is 62.8 cm³/mol. The van der Waals surface area contributed by atoms with E-state index >= 15 is 0 Å². The molecule has 1 unspecified atom stereocenters. The van der Waals surface area contributed by atoms with E-state index in [0.29, 0.717) is 5.69 Å². The molecule has 4 heteroatoms. The van der Waals surface area contributed by atoms with Crippen LogP contribution < -0.4 is 4.90 Å². The van der Waals surface area contributed by atoms with Gasteiger partial charge in [-0.15, -0.1) is 0 Å². The smallest absolute Gasteiger partial charge is 0.326 e. The van der Waals surface area contributed by atoms with E-state index in [1.54, 1.807) is 36.2 Å². The van der Waals surface area contributed by atoms with Gasteiger partial charge in [0.05, 0.1) is 0 Å². The molecule has 1 aromatic carbocycles. The number of phenols is 1. The molecule has 1 rings (SSSR count). The van der Waals surface area contributed by atoms with Gasteiger partial charge in [-0.1, -0.05) is 19.9 Å². The van der Waals surface area contributed by atoms with Crippen molar-refractivity contribution in [2.75, 3.05) is 11.9 Å². The van der Waals surface area contributed by atoms with Gasteiger partial charge < -0.3 is 15.1 Å². The highest BCUT2D eigenvalue weighted by molar-refractivity contribution is 5.78. The minimum absolute atomic E-state index is 0.00940. The van der Waals surface area contributed by atoms with Gasteiger partial charge in [-0.25, -0.2) is 4.79 Å². The van der Waals surface area contributed by atoms with Crippen LogP contribution in [0.1, 0.15) is 13.8 Å². The Labute approximate surface area is 95.1 Å². The standard InChI is InChI=1S/C12H17NO3/c1-8(2)11(12(15)16)13(3)9-5-4-6-10(14)7-9/h4-8,11,14H,1-3H3,(H,15,16). The van der Waals surface area contributed by atoms with Crippen molar-refractivity contribution in [2.24, 2.45) is 5.92 Å². The predicted octanol–water partition coefficient (Wildman–Crippen LogP) is 1.94. The van der Waals surface area contributed by atoms with E-state index in [-0.39, 0.29) is 11.7 Å². The summed E-state index contributed by atoms with van der Waals surface area (Å²) in [4.78, 5) is 12.8. The fourth-order valence-corrected chi connectivity index (χ4v) is 1.77. The highest BCUT2D eigenvalue weighted by Gasteiger charge is 2.26.